The van der Waals surface area contributed by atoms with Gasteiger partial charge in [0.1, 0.15) is 12.4 Å². The van der Waals surface area contributed by atoms with Crippen LogP contribution in [0.1, 0.15) is 37.0 Å². The first-order valence-corrected chi connectivity index (χ1v) is 11.6. The average molecular weight is 453 g/mol. The van der Waals surface area contributed by atoms with Gasteiger partial charge in [0.25, 0.3) is 5.91 Å². The second-order valence-electron chi connectivity index (χ2n) is 7.34. The standard InChI is InChI=1S/C21H25ClN2O5S/c1-14(2)24-30(26,27)18-7-3-5-15(11-18)21(25)23-19-12-16(22)8-9-20(19)29-13-17-6-4-10-28-17/h3,5,7-9,11-12,14,17,24H,4,6,10,13H2,1-2H3,(H,23,25). The van der Waals surface area contributed by atoms with Crippen LogP contribution in [0, 0.1) is 0 Å². The van der Waals surface area contributed by atoms with E-state index >= 15 is 0 Å². The van der Waals surface area contributed by atoms with Crippen LogP contribution < -0.4 is 14.8 Å². The maximum atomic E-state index is 12.8. The van der Waals surface area contributed by atoms with Crippen molar-refractivity contribution in [1.29, 1.82) is 0 Å². The second-order valence-corrected chi connectivity index (χ2v) is 9.49. The van der Waals surface area contributed by atoms with E-state index in [0.717, 1.165) is 19.4 Å². The van der Waals surface area contributed by atoms with Gasteiger partial charge in [0.15, 0.2) is 0 Å². The van der Waals surface area contributed by atoms with E-state index in [2.05, 4.69) is 10.0 Å². The number of ether oxygens (including phenoxy) is 2. The molecule has 1 aliphatic rings. The van der Waals surface area contributed by atoms with Crippen molar-refractivity contribution in [3.8, 4) is 5.75 Å². The van der Waals surface area contributed by atoms with Crippen molar-refractivity contribution in [2.45, 2.75) is 43.7 Å². The Labute approximate surface area is 181 Å². The molecule has 1 saturated heterocycles. The van der Waals surface area contributed by atoms with Gasteiger partial charge in [0, 0.05) is 23.2 Å². The maximum absolute atomic E-state index is 12.8. The number of amides is 1. The van der Waals surface area contributed by atoms with Gasteiger partial charge in [0.2, 0.25) is 10.0 Å². The van der Waals surface area contributed by atoms with E-state index in [1.807, 2.05) is 0 Å². The predicted octanol–water partition coefficient (Wildman–Crippen LogP) is 3.84. The minimum Gasteiger partial charge on any atom is -0.489 e. The van der Waals surface area contributed by atoms with Crippen molar-refractivity contribution in [1.82, 2.24) is 4.72 Å². The number of anilines is 1. The molecule has 162 valence electrons. The molecule has 3 rings (SSSR count). The van der Waals surface area contributed by atoms with Gasteiger partial charge in [-0.1, -0.05) is 17.7 Å². The lowest BCUT2D eigenvalue weighted by atomic mass is 10.2. The molecular formula is C21H25ClN2O5S. The molecule has 2 aromatic rings. The van der Waals surface area contributed by atoms with Crippen LogP contribution in [0.3, 0.4) is 0 Å². The molecule has 1 fully saturated rings. The highest BCUT2D eigenvalue weighted by molar-refractivity contribution is 7.89. The Morgan fingerprint density at radius 2 is 2.07 bits per heavy atom. The van der Waals surface area contributed by atoms with Crippen LogP contribution in [-0.2, 0) is 14.8 Å². The van der Waals surface area contributed by atoms with Crippen LogP contribution in [0.25, 0.3) is 0 Å². The SMILES string of the molecule is CC(C)NS(=O)(=O)c1cccc(C(=O)Nc2cc(Cl)ccc2OCC2CCCO2)c1. The Kier molecular flexibility index (Phi) is 7.36. The molecule has 2 N–H and O–H groups in total. The van der Waals surface area contributed by atoms with Crippen LogP contribution in [0.5, 0.6) is 5.75 Å². The molecule has 1 aliphatic heterocycles. The lowest BCUT2D eigenvalue weighted by Crippen LogP contribution is -2.30. The third-order valence-corrected chi connectivity index (χ3v) is 6.33. The predicted molar refractivity (Wildman–Crippen MR) is 116 cm³/mol. The summed E-state index contributed by atoms with van der Waals surface area (Å²) in [6.07, 6.45) is 1.96. The summed E-state index contributed by atoms with van der Waals surface area (Å²) in [5, 5.41) is 3.20. The third kappa shape index (κ3) is 5.95. The zero-order valence-electron chi connectivity index (χ0n) is 16.9. The largest absolute Gasteiger partial charge is 0.489 e. The second kappa shape index (κ2) is 9.78. The molecule has 1 heterocycles. The number of hydrogen-bond acceptors (Lipinski definition) is 5. The highest BCUT2D eigenvalue weighted by Gasteiger charge is 2.19. The first kappa shape index (κ1) is 22.6. The van der Waals surface area contributed by atoms with Crippen LogP contribution in [0.2, 0.25) is 5.02 Å². The monoisotopic (exact) mass is 452 g/mol. The van der Waals surface area contributed by atoms with Crippen molar-refractivity contribution in [3.05, 3.63) is 53.1 Å². The molecule has 0 bridgehead atoms. The van der Waals surface area contributed by atoms with E-state index in [0.29, 0.717) is 23.1 Å². The number of nitrogens with one attached hydrogen (secondary N) is 2. The molecule has 9 heteroatoms. The van der Waals surface area contributed by atoms with Crippen molar-refractivity contribution in [2.75, 3.05) is 18.5 Å². The van der Waals surface area contributed by atoms with Crippen molar-refractivity contribution in [3.63, 3.8) is 0 Å². The summed E-state index contributed by atoms with van der Waals surface area (Å²) in [5.74, 6) is -0.00525. The van der Waals surface area contributed by atoms with Crippen molar-refractivity contribution >= 4 is 33.2 Å². The maximum Gasteiger partial charge on any atom is 0.255 e. The molecule has 1 atom stereocenters. The summed E-state index contributed by atoms with van der Waals surface area (Å²) in [4.78, 5) is 12.8. The van der Waals surface area contributed by atoms with Gasteiger partial charge in [-0.15, -0.1) is 0 Å². The molecule has 0 spiro atoms. The smallest absolute Gasteiger partial charge is 0.255 e. The number of hydrogen-bond donors (Lipinski definition) is 2. The molecule has 30 heavy (non-hydrogen) atoms. The number of carbonyl (C=O) groups excluding carboxylic acids is 1. The highest BCUT2D eigenvalue weighted by Crippen LogP contribution is 2.29. The molecule has 1 amide bonds. The molecule has 2 aromatic carbocycles. The fraction of sp³-hybridized carbons (Fsp3) is 0.381. The van der Waals surface area contributed by atoms with Crippen LogP contribution in [0.15, 0.2) is 47.4 Å². The Balaban J connectivity index is 1.77. The van der Waals surface area contributed by atoms with E-state index in [-0.39, 0.29) is 22.6 Å². The number of carbonyl (C=O) groups is 1. The van der Waals surface area contributed by atoms with Crippen LogP contribution in [-0.4, -0.2) is 39.7 Å². The van der Waals surface area contributed by atoms with Crippen molar-refractivity contribution < 1.29 is 22.7 Å². The Morgan fingerprint density at radius 1 is 1.27 bits per heavy atom. The van der Waals surface area contributed by atoms with Crippen LogP contribution in [0.4, 0.5) is 5.69 Å². The summed E-state index contributed by atoms with van der Waals surface area (Å²) in [5.41, 5.74) is 0.603. The summed E-state index contributed by atoms with van der Waals surface area (Å²) in [6.45, 7) is 4.55. The molecule has 0 aliphatic carbocycles. The van der Waals surface area contributed by atoms with E-state index < -0.39 is 15.9 Å². The fourth-order valence-corrected chi connectivity index (χ4v) is 4.53. The lowest BCUT2D eigenvalue weighted by molar-refractivity contribution is 0.0682. The molecule has 0 radical (unpaired) electrons. The molecule has 0 saturated carbocycles. The van der Waals surface area contributed by atoms with E-state index in [1.165, 1.54) is 18.2 Å². The normalized spacial score (nSPS) is 16.6. The molecule has 1 unspecified atom stereocenters. The number of benzene rings is 2. The van der Waals surface area contributed by atoms with Gasteiger partial charge < -0.3 is 14.8 Å². The van der Waals surface area contributed by atoms with Gasteiger partial charge >= 0.3 is 0 Å². The minimum atomic E-state index is -3.71. The zero-order chi connectivity index (χ0) is 21.7. The molecule has 0 aromatic heterocycles. The summed E-state index contributed by atoms with van der Waals surface area (Å²) >= 11 is 6.09. The fourth-order valence-electron chi connectivity index (χ4n) is 3.06. The first-order valence-electron chi connectivity index (χ1n) is 9.72. The summed E-state index contributed by atoms with van der Waals surface area (Å²) < 4.78 is 38.7. The Hall–Kier alpha value is -2.13. The van der Waals surface area contributed by atoms with E-state index in [1.54, 1.807) is 38.1 Å². The first-order chi connectivity index (χ1) is 14.2. The van der Waals surface area contributed by atoms with E-state index in [4.69, 9.17) is 21.1 Å². The van der Waals surface area contributed by atoms with Gasteiger partial charge in [0.05, 0.1) is 16.7 Å². The minimum absolute atomic E-state index is 0.0183. The van der Waals surface area contributed by atoms with E-state index in [9.17, 15) is 13.2 Å². The number of halogens is 1. The lowest BCUT2D eigenvalue weighted by Gasteiger charge is -2.16. The Bertz CT molecular complexity index is 1000. The molecule has 7 nitrogen and oxygen atoms in total. The molecular weight excluding hydrogens is 428 g/mol. The summed E-state index contributed by atoms with van der Waals surface area (Å²) in [7, 11) is -3.71. The Morgan fingerprint density at radius 3 is 2.77 bits per heavy atom. The quantitative estimate of drug-likeness (QED) is 0.634. The van der Waals surface area contributed by atoms with Crippen molar-refractivity contribution in [2.24, 2.45) is 0 Å². The zero-order valence-corrected chi connectivity index (χ0v) is 18.4. The van der Waals surface area contributed by atoms with Gasteiger partial charge in [-0.2, -0.15) is 0 Å². The van der Waals surface area contributed by atoms with Gasteiger partial charge in [-0.05, 0) is 63.1 Å². The number of rotatable bonds is 8. The number of sulfonamides is 1. The topological polar surface area (TPSA) is 93.7 Å². The average Bonchev–Trinajstić information content (AvgIpc) is 3.20. The summed E-state index contributed by atoms with van der Waals surface area (Å²) in [6, 6.07) is 10.5. The highest BCUT2D eigenvalue weighted by atomic mass is 35.5. The van der Waals surface area contributed by atoms with Crippen LogP contribution >= 0.6 is 11.6 Å². The van der Waals surface area contributed by atoms with Gasteiger partial charge in [-0.25, -0.2) is 13.1 Å². The third-order valence-electron chi connectivity index (χ3n) is 4.44. The van der Waals surface area contributed by atoms with Gasteiger partial charge in [-0.3, -0.25) is 4.79 Å².